The molecule has 0 aliphatic carbocycles. The normalized spacial score (nSPS) is 11.1. The molecule has 6 rings (SSSR count). The summed E-state index contributed by atoms with van der Waals surface area (Å²) in [6.07, 6.45) is 1.50. The van der Waals surface area contributed by atoms with Gasteiger partial charge in [-0.3, -0.25) is 14.4 Å². The van der Waals surface area contributed by atoms with Gasteiger partial charge in [0.2, 0.25) is 5.91 Å². The molecule has 0 aliphatic rings. The summed E-state index contributed by atoms with van der Waals surface area (Å²) in [5.74, 6) is 0.120. The summed E-state index contributed by atoms with van der Waals surface area (Å²) in [7, 11) is 4.50. The fraction of sp³-hybridized carbons (Fsp3) is 0.100. The predicted octanol–water partition coefficient (Wildman–Crippen LogP) is 8.13. The van der Waals surface area contributed by atoms with Crippen molar-refractivity contribution < 1.29 is 28.6 Å². The number of carbonyl (C=O) groups excluding carboxylic acids is 3. The number of nitrogens with one attached hydrogen (secondary N) is 3. The lowest BCUT2D eigenvalue weighted by Gasteiger charge is -2.15. The van der Waals surface area contributed by atoms with Crippen LogP contribution in [0.15, 0.2) is 125 Å². The van der Waals surface area contributed by atoms with Crippen molar-refractivity contribution in [2.75, 3.05) is 37.7 Å². The molecule has 6 aromatic rings. The number of methoxy groups -OCH3 is 3. The van der Waals surface area contributed by atoms with Gasteiger partial charge in [-0.2, -0.15) is 0 Å². The summed E-state index contributed by atoms with van der Waals surface area (Å²) in [5.41, 5.74) is 3.04. The molecule has 0 saturated heterocycles. The van der Waals surface area contributed by atoms with Gasteiger partial charge in [0, 0.05) is 38.7 Å². The molecule has 0 unspecified atom stereocenters. The zero-order valence-electron chi connectivity index (χ0n) is 28.5. The van der Waals surface area contributed by atoms with E-state index >= 15 is 0 Å². The molecule has 5 aromatic carbocycles. The Labute approximate surface area is 308 Å². The Morgan fingerprint density at radius 1 is 0.750 bits per heavy atom. The number of nitrogens with zero attached hydrogens (tertiary/aromatic N) is 1. The largest absolute Gasteiger partial charge is 0.496 e. The number of fused-ring (bicyclic) bond motifs is 1. The standard InChI is InChI=1S/C40H34N4O6S2/c1-48-34-22-36(50-3)35(49-2)20-29(34)19-32(42-38(46)26-11-5-4-6-12-26)39(47)41-30-14-9-15-31(21-30)51-24-37(45)44-40-43-33(23-52-40)28-17-16-25-10-7-8-13-27(25)18-28/h4-23H,24H2,1-3H3,(H,41,47)(H,42,46)(H,43,44,45)/b32-19+. The van der Waals surface area contributed by atoms with Crippen molar-refractivity contribution in [2.45, 2.75) is 4.90 Å². The van der Waals surface area contributed by atoms with E-state index in [2.05, 4.69) is 45.2 Å². The van der Waals surface area contributed by atoms with Crippen LogP contribution in [-0.2, 0) is 9.59 Å². The van der Waals surface area contributed by atoms with E-state index in [0.29, 0.717) is 39.2 Å². The maximum atomic E-state index is 13.7. The van der Waals surface area contributed by atoms with Crippen molar-refractivity contribution in [3.63, 3.8) is 0 Å². The van der Waals surface area contributed by atoms with Crippen LogP contribution in [0.1, 0.15) is 15.9 Å². The quantitative estimate of drug-likeness (QED) is 0.0803. The Bertz CT molecular complexity index is 2270. The molecule has 262 valence electrons. The van der Waals surface area contributed by atoms with Crippen LogP contribution in [0.5, 0.6) is 17.2 Å². The maximum absolute atomic E-state index is 13.7. The molecule has 0 aliphatic heterocycles. The number of hydrogen-bond acceptors (Lipinski definition) is 9. The van der Waals surface area contributed by atoms with E-state index in [-0.39, 0.29) is 17.4 Å². The first-order valence-electron chi connectivity index (χ1n) is 16.0. The summed E-state index contributed by atoms with van der Waals surface area (Å²) < 4.78 is 16.4. The van der Waals surface area contributed by atoms with Crippen molar-refractivity contribution in [1.29, 1.82) is 0 Å². The third-order valence-electron chi connectivity index (χ3n) is 7.82. The number of ether oxygens (including phenoxy) is 3. The third kappa shape index (κ3) is 8.78. The lowest BCUT2D eigenvalue weighted by atomic mass is 10.1. The van der Waals surface area contributed by atoms with Crippen molar-refractivity contribution in [2.24, 2.45) is 0 Å². The molecule has 3 N–H and O–H groups in total. The van der Waals surface area contributed by atoms with Gasteiger partial charge in [-0.15, -0.1) is 23.1 Å². The van der Waals surface area contributed by atoms with Gasteiger partial charge in [0.15, 0.2) is 16.6 Å². The molecule has 1 heterocycles. The highest BCUT2D eigenvalue weighted by molar-refractivity contribution is 8.00. The third-order valence-corrected chi connectivity index (χ3v) is 9.57. The fourth-order valence-electron chi connectivity index (χ4n) is 5.24. The molecular weight excluding hydrogens is 697 g/mol. The molecule has 0 atom stereocenters. The number of hydrogen-bond donors (Lipinski definition) is 3. The molecule has 12 heteroatoms. The van der Waals surface area contributed by atoms with Crippen LogP contribution < -0.4 is 30.2 Å². The van der Waals surface area contributed by atoms with E-state index in [0.717, 1.165) is 26.9 Å². The Hall–Kier alpha value is -6.11. The topological polar surface area (TPSA) is 128 Å². The zero-order chi connectivity index (χ0) is 36.5. The lowest BCUT2D eigenvalue weighted by Crippen LogP contribution is -2.30. The minimum Gasteiger partial charge on any atom is -0.496 e. The summed E-state index contributed by atoms with van der Waals surface area (Å²) in [6.45, 7) is 0. The van der Waals surface area contributed by atoms with Crippen molar-refractivity contribution in [1.82, 2.24) is 10.3 Å². The lowest BCUT2D eigenvalue weighted by molar-refractivity contribution is -0.114. The van der Waals surface area contributed by atoms with Gasteiger partial charge in [-0.05, 0) is 59.3 Å². The minimum atomic E-state index is -0.577. The van der Waals surface area contributed by atoms with Gasteiger partial charge in [-0.25, -0.2) is 4.98 Å². The van der Waals surface area contributed by atoms with E-state index < -0.39 is 11.8 Å². The molecule has 0 radical (unpaired) electrons. The van der Waals surface area contributed by atoms with E-state index in [9.17, 15) is 14.4 Å². The Morgan fingerprint density at radius 2 is 1.48 bits per heavy atom. The highest BCUT2D eigenvalue weighted by atomic mass is 32.2. The van der Waals surface area contributed by atoms with Crippen LogP contribution in [-0.4, -0.2) is 49.8 Å². The first-order valence-corrected chi connectivity index (χ1v) is 17.9. The minimum absolute atomic E-state index is 0.0386. The van der Waals surface area contributed by atoms with Gasteiger partial charge in [0.1, 0.15) is 11.4 Å². The summed E-state index contributed by atoms with van der Waals surface area (Å²) >= 11 is 2.68. The van der Waals surface area contributed by atoms with E-state index in [1.807, 2.05) is 29.6 Å². The summed E-state index contributed by atoms with van der Waals surface area (Å²) in [5, 5.41) is 13.2. The average molecular weight is 731 g/mol. The van der Waals surface area contributed by atoms with Crippen molar-refractivity contribution in [3.05, 3.63) is 131 Å². The van der Waals surface area contributed by atoms with Crippen molar-refractivity contribution in [3.8, 4) is 28.5 Å². The Kier molecular flexibility index (Phi) is 11.5. The summed E-state index contributed by atoms with van der Waals surface area (Å²) in [6, 6.07) is 33.2. The number of anilines is 2. The van der Waals surface area contributed by atoms with Gasteiger partial charge in [0.05, 0.1) is 32.8 Å². The SMILES string of the molecule is COc1cc(OC)c(OC)cc1/C=C(/NC(=O)c1ccccc1)C(=O)Nc1cccc(SCC(=O)Nc2nc(-c3ccc4ccccc4c3)cs2)c1. The Morgan fingerprint density at radius 3 is 2.25 bits per heavy atom. The van der Waals surface area contributed by atoms with Gasteiger partial charge in [0.25, 0.3) is 11.8 Å². The second-order valence-electron chi connectivity index (χ2n) is 11.2. The van der Waals surface area contributed by atoms with Crippen LogP contribution >= 0.6 is 23.1 Å². The molecule has 3 amide bonds. The molecule has 52 heavy (non-hydrogen) atoms. The maximum Gasteiger partial charge on any atom is 0.272 e. The fourth-order valence-corrected chi connectivity index (χ4v) is 6.73. The number of thiazole rings is 1. The van der Waals surface area contributed by atoms with Crippen LogP contribution in [0, 0.1) is 0 Å². The Balaban J connectivity index is 1.14. The zero-order valence-corrected chi connectivity index (χ0v) is 30.1. The number of aromatic nitrogens is 1. The number of carbonyl (C=O) groups is 3. The molecule has 0 spiro atoms. The van der Waals surface area contributed by atoms with Crippen LogP contribution in [0.25, 0.3) is 28.1 Å². The van der Waals surface area contributed by atoms with Gasteiger partial charge in [-0.1, -0.05) is 60.7 Å². The highest BCUT2D eigenvalue weighted by Crippen LogP contribution is 2.36. The first kappa shape index (κ1) is 35.7. The number of thioether (sulfide) groups is 1. The molecule has 10 nitrogen and oxygen atoms in total. The number of rotatable bonds is 13. The van der Waals surface area contributed by atoms with Crippen LogP contribution in [0.3, 0.4) is 0 Å². The predicted molar refractivity (Wildman–Crippen MR) is 207 cm³/mol. The monoisotopic (exact) mass is 730 g/mol. The number of benzene rings is 5. The molecule has 0 fully saturated rings. The van der Waals surface area contributed by atoms with E-state index in [4.69, 9.17) is 14.2 Å². The second-order valence-corrected chi connectivity index (χ2v) is 13.2. The smallest absolute Gasteiger partial charge is 0.272 e. The van der Waals surface area contributed by atoms with Crippen LogP contribution in [0.4, 0.5) is 10.8 Å². The molecular formula is C40H34N4O6S2. The van der Waals surface area contributed by atoms with E-state index in [1.165, 1.54) is 50.5 Å². The number of amides is 3. The van der Waals surface area contributed by atoms with Gasteiger partial charge >= 0.3 is 0 Å². The van der Waals surface area contributed by atoms with Gasteiger partial charge < -0.3 is 30.2 Å². The second kappa shape index (κ2) is 16.7. The molecule has 0 bridgehead atoms. The molecule has 0 saturated carbocycles. The first-order chi connectivity index (χ1) is 25.3. The summed E-state index contributed by atoms with van der Waals surface area (Å²) in [4.78, 5) is 45.2. The van der Waals surface area contributed by atoms with Crippen molar-refractivity contribution >= 4 is 68.5 Å². The molecule has 1 aromatic heterocycles. The highest BCUT2D eigenvalue weighted by Gasteiger charge is 2.18. The van der Waals surface area contributed by atoms with Crippen LogP contribution in [0.2, 0.25) is 0 Å². The van der Waals surface area contributed by atoms with E-state index in [1.54, 1.807) is 60.7 Å². The average Bonchev–Trinajstić information content (AvgIpc) is 3.65.